The van der Waals surface area contributed by atoms with Crippen molar-refractivity contribution in [2.45, 2.75) is 12.0 Å². The summed E-state index contributed by atoms with van der Waals surface area (Å²) in [6.45, 7) is 0. The van der Waals surface area contributed by atoms with Crippen LogP contribution < -0.4 is 16.6 Å². The molecule has 1 aliphatic rings. The van der Waals surface area contributed by atoms with E-state index in [2.05, 4.69) is 10.3 Å². The van der Waals surface area contributed by atoms with Gasteiger partial charge < -0.3 is 11.1 Å². The second kappa shape index (κ2) is 6.77. The number of nitrogens with two attached hydrogens (primary N) is 1. The molecule has 28 heavy (non-hydrogen) atoms. The van der Waals surface area contributed by atoms with Gasteiger partial charge in [-0.3, -0.25) is 23.9 Å². The Morgan fingerprint density at radius 3 is 2.57 bits per heavy atom. The summed E-state index contributed by atoms with van der Waals surface area (Å²) in [6, 6.07) is 13.9. The summed E-state index contributed by atoms with van der Waals surface area (Å²) < 4.78 is 1.42. The largest absolute Gasteiger partial charge is 0.367 e. The van der Waals surface area contributed by atoms with Crippen LogP contribution in [-0.4, -0.2) is 21.4 Å². The third-order valence-electron chi connectivity index (χ3n) is 4.90. The Hall–Kier alpha value is -3.74. The molecule has 1 aliphatic carbocycles. The minimum atomic E-state index is -1.34. The fourth-order valence-corrected chi connectivity index (χ4v) is 3.45. The molecule has 1 radical (unpaired) electrons. The highest BCUT2D eigenvalue weighted by Crippen LogP contribution is 2.36. The number of fused-ring (bicyclic) bond motifs is 1. The molecule has 2 aromatic carbocycles. The normalized spacial score (nSPS) is 17.7. The number of primary amides is 1. The van der Waals surface area contributed by atoms with Gasteiger partial charge >= 0.3 is 0 Å². The fraction of sp³-hybridized carbons (Fsp3) is 0.0952. The number of nitrogens with zero attached hydrogens (tertiary/aromatic N) is 2. The Morgan fingerprint density at radius 2 is 1.86 bits per heavy atom. The number of benzene rings is 2. The van der Waals surface area contributed by atoms with Gasteiger partial charge in [-0.2, -0.15) is 0 Å². The maximum absolute atomic E-state index is 12.8. The summed E-state index contributed by atoms with van der Waals surface area (Å²) in [6.07, 6.45) is 6.53. The van der Waals surface area contributed by atoms with Gasteiger partial charge in [0.15, 0.2) is 0 Å². The van der Waals surface area contributed by atoms with Crippen molar-refractivity contribution in [3.05, 3.63) is 101 Å². The molecule has 3 N–H and O–H groups in total. The number of hydrogen-bond acceptors (Lipinski definition) is 4. The summed E-state index contributed by atoms with van der Waals surface area (Å²) in [7, 11) is 0. The summed E-state index contributed by atoms with van der Waals surface area (Å²) in [4.78, 5) is 40.7. The van der Waals surface area contributed by atoms with Crippen molar-refractivity contribution in [3.63, 3.8) is 0 Å². The average Bonchev–Trinajstić information content (AvgIpc) is 3.08. The average molecular weight is 373 g/mol. The molecule has 3 aromatic rings. The lowest BCUT2D eigenvalue weighted by molar-refractivity contribution is -0.123. The van der Waals surface area contributed by atoms with Crippen LogP contribution >= 0.6 is 0 Å². The third kappa shape index (κ3) is 2.87. The number of carbonyl (C=O) groups excluding carboxylic acids is 2. The molecule has 0 aliphatic heterocycles. The van der Waals surface area contributed by atoms with Gasteiger partial charge in [-0.1, -0.05) is 24.3 Å². The van der Waals surface area contributed by atoms with Crippen molar-refractivity contribution in [3.8, 4) is 5.69 Å². The molecular formula is C21H17N4O3. The second-order valence-electron chi connectivity index (χ2n) is 6.52. The topological polar surface area (TPSA) is 107 Å². The first-order chi connectivity index (χ1) is 13.5. The molecule has 1 heterocycles. The molecular weight excluding hydrogens is 356 g/mol. The third-order valence-corrected chi connectivity index (χ3v) is 4.90. The summed E-state index contributed by atoms with van der Waals surface area (Å²) >= 11 is 0. The monoisotopic (exact) mass is 373 g/mol. The summed E-state index contributed by atoms with van der Waals surface area (Å²) in [5.41, 5.74) is 6.65. The minimum Gasteiger partial charge on any atom is -0.367 e. The van der Waals surface area contributed by atoms with Crippen LogP contribution in [0.25, 0.3) is 5.69 Å². The Morgan fingerprint density at radius 1 is 1.11 bits per heavy atom. The van der Waals surface area contributed by atoms with E-state index >= 15 is 0 Å². The van der Waals surface area contributed by atoms with E-state index in [0.717, 1.165) is 5.56 Å². The lowest BCUT2D eigenvalue weighted by Crippen LogP contribution is -2.53. The number of hydrogen-bond donors (Lipinski definition) is 2. The molecule has 0 fully saturated rings. The molecule has 7 nitrogen and oxygen atoms in total. The molecule has 1 atom stereocenters. The van der Waals surface area contributed by atoms with E-state index in [9.17, 15) is 14.4 Å². The zero-order valence-corrected chi connectivity index (χ0v) is 14.8. The molecule has 4 rings (SSSR count). The minimum absolute atomic E-state index is 0.274. The van der Waals surface area contributed by atoms with Crippen LogP contribution in [0.1, 0.15) is 21.5 Å². The Bertz CT molecular complexity index is 1120. The van der Waals surface area contributed by atoms with Gasteiger partial charge in [0, 0.05) is 30.1 Å². The highest BCUT2D eigenvalue weighted by atomic mass is 16.2. The molecule has 1 aromatic heterocycles. The number of carbonyl (C=O) groups is 2. The maximum Gasteiger partial charge on any atom is 0.273 e. The van der Waals surface area contributed by atoms with Crippen LogP contribution in [0.2, 0.25) is 0 Å². The van der Waals surface area contributed by atoms with Gasteiger partial charge in [0.1, 0.15) is 5.54 Å². The Kier molecular flexibility index (Phi) is 4.27. The van der Waals surface area contributed by atoms with E-state index in [1.54, 1.807) is 42.9 Å². The van der Waals surface area contributed by atoms with Crippen LogP contribution in [0.5, 0.6) is 0 Å². The molecule has 1 unspecified atom stereocenters. The van der Waals surface area contributed by atoms with Crippen LogP contribution in [0.15, 0.2) is 71.9 Å². The lowest BCUT2D eigenvalue weighted by Gasteiger charge is -2.28. The Balaban J connectivity index is 1.62. The number of aromatic nitrogens is 2. The molecule has 7 heteroatoms. The van der Waals surface area contributed by atoms with Gasteiger partial charge in [0.05, 0.1) is 6.20 Å². The lowest BCUT2D eigenvalue weighted by atomic mass is 9.90. The van der Waals surface area contributed by atoms with Crippen molar-refractivity contribution in [1.29, 1.82) is 0 Å². The summed E-state index contributed by atoms with van der Waals surface area (Å²) in [5, 5.41) is 2.79. The van der Waals surface area contributed by atoms with Crippen molar-refractivity contribution < 1.29 is 9.59 Å². The van der Waals surface area contributed by atoms with Crippen LogP contribution in [-0.2, 0) is 16.8 Å². The number of nitrogens with one attached hydrogen (secondary N) is 1. The molecule has 0 saturated carbocycles. The highest BCUT2D eigenvalue weighted by Gasteiger charge is 2.45. The van der Waals surface area contributed by atoms with E-state index in [-0.39, 0.29) is 5.56 Å². The quantitative estimate of drug-likeness (QED) is 0.714. The van der Waals surface area contributed by atoms with Crippen LogP contribution in [0.3, 0.4) is 0 Å². The van der Waals surface area contributed by atoms with Gasteiger partial charge in [-0.15, -0.1) is 0 Å². The van der Waals surface area contributed by atoms with Crippen molar-refractivity contribution in [2.24, 2.45) is 5.73 Å². The van der Waals surface area contributed by atoms with E-state index in [1.807, 2.05) is 18.2 Å². The summed E-state index contributed by atoms with van der Waals surface area (Å²) in [5.74, 6) is -1.06. The van der Waals surface area contributed by atoms with E-state index in [1.165, 1.54) is 17.0 Å². The maximum atomic E-state index is 12.8. The van der Waals surface area contributed by atoms with Crippen molar-refractivity contribution in [1.82, 2.24) is 14.9 Å². The predicted molar refractivity (Wildman–Crippen MR) is 103 cm³/mol. The second-order valence-corrected chi connectivity index (χ2v) is 6.52. The van der Waals surface area contributed by atoms with Crippen LogP contribution in [0.4, 0.5) is 0 Å². The highest BCUT2D eigenvalue weighted by molar-refractivity contribution is 6.00. The van der Waals surface area contributed by atoms with Crippen molar-refractivity contribution in [2.75, 3.05) is 0 Å². The van der Waals surface area contributed by atoms with Crippen LogP contribution in [0, 0.1) is 6.42 Å². The molecule has 2 amide bonds. The fourth-order valence-electron chi connectivity index (χ4n) is 3.45. The number of amides is 2. The SMILES string of the molecule is NC(=O)C1(NC(=O)c2ccc(-n3ccncc3=O)cc2)[CH]Cc2ccccc21. The van der Waals surface area contributed by atoms with Gasteiger partial charge in [0.25, 0.3) is 11.5 Å². The predicted octanol–water partition coefficient (Wildman–Crippen LogP) is 1.10. The van der Waals surface area contributed by atoms with E-state index in [4.69, 9.17) is 5.73 Å². The zero-order valence-electron chi connectivity index (χ0n) is 14.8. The van der Waals surface area contributed by atoms with E-state index in [0.29, 0.717) is 23.2 Å². The van der Waals surface area contributed by atoms with Gasteiger partial charge in [-0.25, -0.2) is 0 Å². The Labute approximate surface area is 160 Å². The van der Waals surface area contributed by atoms with Gasteiger partial charge in [-0.05, 0) is 41.8 Å². The van der Waals surface area contributed by atoms with E-state index < -0.39 is 17.4 Å². The molecule has 0 saturated heterocycles. The molecule has 0 bridgehead atoms. The molecule has 139 valence electrons. The molecule has 0 spiro atoms. The first kappa shape index (κ1) is 17.7. The zero-order chi connectivity index (χ0) is 19.7. The number of rotatable bonds is 4. The smallest absolute Gasteiger partial charge is 0.273 e. The van der Waals surface area contributed by atoms with Crippen molar-refractivity contribution >= 4 is 11.8 Å². The van der Waals surface area contributed by atoms with Gasteiger partial charge in [0.2, 0.25) is 5.91 Å². The standard InChI is InChI=1S/C21H17N4O3/c22-20(28)21(10-9-14-3-1-2-4-17(14)21)24-19(27)15-5-7-16(8-6-15)25-12-11-23-13-18(25)26/h1-8,10-13H,9H2,(H2,22,28)(H,24,27). The first-order valence-corrected chi connectivity index (χ1v) is 8.69. The first-order valence-electron chi connectivity index (χ1n) is 8.69.